The summed E-state index contributed by atoms with van der Waals surface area (Å²) in [5.74, 6) is 0. The van der Waals surface area contributed by atoms with Crippen LogP contribution in [-0.2, 0) is 6.42 Å². The molecule has 5 heteroatoms. The summed E-state index contributed by atoms with van der Waals surface area (Å²) in [6.07, 6.45) is 0.773. The Morgan fingerprint density at radius 3 is 2.75 bits per heavy atom. The molecule has 0 aliphatic rings. The summed E-state index contributed by atoms with van der Waals surface area (Å²) in [5.41, 5.74) is 1.88. The molecule has 103 valence electrons. The van der Waals surface area contributed by atoms with Crippen molar-refractivity contribution in [3.05, 3.63) is 64.6 Å². The fourth-order valence-electron chi connectivity index (χ4n) is 1.72. The average Bonchev–Trinajstić information content (AvgIpc) is 2.47. The summed E-state index contributed by atoms with van der Waals surface area (Å²) in [5, 5.41) is 2.83. The highest BCUT2D eigenvalue weighted by Gasteiger charge is 2.10. The van der Waals surface area contributed by atoms with Crippen LogP contribution in [-0.4, -0.2) is 12.6 Å². The molecule has 0 aromatic heterocycles. The monoisotopic (exact) mass is 349 g/mol. The van der Waals surface area contributed by atoms with Crippen LogP contribution in [0, 0.1) is 6.07 Å². The number of hydrogen-bond acceptors (Lipinski definition) is 2. The van der Waals surface area contributed by atoms with Gasteiger partial charge in [-0.15, -0.1) is 0 Å². The molecule has 20 heavy (non-hydrogen) atoms. The molecule has 3 nitrogen and oxygen atoms in total. The van der Waals surface area contributed by atoms with Gasteiger partial charge in [-0.2, -0.15) is 0 Å². The Morgan fingerprint density at radius 2 is 2.05 bits per heavy atom. The van der Waals surface area contributed by atoms with E-state index in [1.807, 2.05) is 24.3 Å². The SMILES string of the molecule is O=C(NCCc1cccc(Br)c1)N(S)c1cc[c]cc1. The maximum Gasteiger partial charge on any atom is 0.331 e. The molecule has 0 saturated heterocycles. The van der Waals surface area contributed by atoms with Crippen molar-refractivity contribution in [2.24, 2.45) is 0 Å². The Labute approximate surface area is 132 Å². The number of amides is 2. The zero-order valence-corrected chi connectivity index (χ0v) is 13.2. The molecule has 2 rings (SSSR count). The molecule has 0 aliphatic heterocycles. The smallest absolute Gasteiger partial charge is 0.331 e. The normalized spacial score (nSPS) is 10.1. The van der Waals surface area contributed by atoms with Crippen LogP contribution in [0.3, 0.4) is 0 Å². The minimum absolute atomic E-state index is 0.241. The first-order chi connectivity index (χ1) is 9.66. The molecule has 2 aromatic rings. The second kappa shape index (κ2) is 7.36. The van der Waals surface area contributed by atoms with Crippen molar-refractivity contribution >= 4 is 40.5 Å². The fraction of sp³-hybridized carbons (Fsp3) is 0.133. The van der Waals surface area contributed by atoms with Gasteiger partial charge in [-0.05, 0) is 42.3 Å². The third kappa shape index (κ3) is 4.28. The predicted molar refractivity (Wildman–Crippen MR) is 88.0 cm³/mol. The number of urea groups is 1. The minimum Gasteiger partial charge on any atom is -0.337 e. The maximum absolute atomic E-state index is 11.9. The number of benzene rings is 2. The lowest BCUT2D eigenvalue weighted by Gasteiger charge is -2.16. The van der Waals surface area contributed by atoms with Crippen LogP contribution >= 0.6 is 28.7 Å². The van der Waals surface area contributed by atoms with E-state index in [1.54, 1.807) is 24.3 Å². The number of carbonyl (C=O) groups excluding carboxylic acids is 1. The summed E-state index contributed by atoms with van der Waals surface area (Å²) >= 11 is 7.62. The van der Waals surface area contributed by atoms with Gasteiger partial charge < -0.3 is 5.32 Å². The number of hydrogen-bond donors (Lipinski definition) is 2. The van der Waals surface area contributed by atoms with Gasteiger partial charge in [0.15, 0.2) is 0 Å². The zero-order valence-electron chi connectivity index (χ0n) is 10.7. The van der Waals surface area contributed by atoms with Crippen LogP contribution in [0.15, 0.2) is 53.0 Å². The summed E-state index contributed by atoms with van der Waals surface area (Å²) < 4.78 is 2.33. The zero-order chi connectivity index (χ0) is 14.4. The van der Waals surface area contributed by atoms with Crippen LogP contribution in [0.4, 0.5) is 10.5 Å². The van der Waals surface area contributed by atoms with Gasteiger partial charge in [0.2, 0.25) is 0 Å². The lowest BCUT2D eigenvalue weighted by atomic mass is 10.1. The Morgan fingerprint density at radius 1 is 1.30 bits per heavy atom. The number of rotatable bonds is 4. The van der Waals surface area contributed by atoms with Crippen molar-refractivity contribution < 1.29 is 4.79 Å². The first-order valence-electron chi connectivity index (χ1n) is 6.14. The van der Waals surface area contributed by atoms with Crippen LogP contribution in [0.1, 0.15) is 5.56 Å². The second-order valence-electron chi connectivity index (χ2n) is 4.18. The Bertz CT molecular complexity index is 577. The Hall–Kier alpha value is -1.46. The van der Waals surface area contributed by atoms with E-state index in [2.05, 4.69) is 40.1 Å². The van der Waals surface area contributed by atoms with Crippen LogP contribution in [0.25, 0.3) is 0 Å². The molecular formula is C15H14BrN2OS. The molecule has 0 spiro atoms. The van der Waals surface area contributed by atoms with Crippen molar-refractivity contribution in [2.45, 2.75) is 6.42 Å². The molecule has 0 saturated carbocycles. The molecule has 2 amide bonds. The molecule has 0 atom stereocenters. The second-order valence-corrected chi connectivity index (χ2v) is 5.50. The third-order valence-corrected chi connectivity index (χ3v) is 3.62. The number of thiol groups is 1. The van der Waals surface area contributed by atoms with Gasteiger partial charge in [-0.3, -0.25) is 0 Å². The Kier molecular flexibility index (Phi) is 5.49. The van der Waals surface area contributed by atoms with E-state index in [4.69, 9.17) is 0 Å². The van der Waals surface area contributed by atoms with Crippen molar-refractivity contribution in [2.75, 3.05) is 10.8 Å². The number of nitrogens with one attached hydrogen (secondary N) is 1. The van der Waals surface area contributed by atoms with Crippen LogP contribution in [0.5, 0.6) is 0 Å². The quantitative estimate of drug-likeness (QED) is 0.807. The standard InChI is InChI=1S/C15H14BrN2OS/c16-13-6-4-5-12(11-13)9-10-17-15(19)18(20)14-7-2-1-3-8-14/h2-8,11,20H,9-10H2,(H,17,19). The van der Waals surface area contributed by atoms with Gasteiger partial charge in [0, 0.05) is 11.0 Å². The lowest BCUT2D eigenvalue weighted by molar-refractivity contribution is 0.250. The van der Waals surface area contributed by atoms with Gasteiger partial charge in [0.1, 0.15) is 0 Å². The Balaban J connectivity index is 1.83. The van der Waals surface area contributed by atoms with E-state index < -0.39 is 0 Å². The maximum atomic E-state index is 11.9. The van der Waals surface area contributed by atoms with Crippen molar-refractivity contribution in [3.8, 4) is 0 Å². The molecule has 1 radical (unpaired) electrons. The molecule has 1 N–H and O–H groups in total. The van der Waals surface area contributed by atoms with Crippen LogP contribution < -0.4 is 9.62 Å². The molecule has 0 fully saturated rings. The van der Waals surface area contributed by atoms with Gasteiger partial charge in [0.05, 0.1) is 5.69 Å². The highest BCUT2D eigenvalue weighted by atomic mass is 79.9. The van der Waals surface area contributed by atoms with E-state index >= 15 is 0 Å². The molecule has 2 aromatic carbocycles. The number of carbonyl (C=O) groups is 1. The lowest BCUT2D eigenvalue weighted by Crippen LogP contribution is -2.35. The van der Waals surface area contributed by atoms with E-state index in [9.17, 15) is 4.79 Å². The first kappa shape index (κ1) is 14.9. The highest BCUT2D eigenvalue weighted by Crippen LogP contribution is 2.15. The summed E-state index contributed by atoms with van der Waals surface area (Å²) in [4.78, 5) is 11.9. The van der Waals surface area contributed by atoms with Crippen molar-refractivity contribution in [1.29, 1.82) is 0 Å². The third-order valence-electron chi connectivity index (χ3n) is 2.72. The molecule has 0 heterocycles. The molecule has 0 aliphatic carbocycles. The topological polar surface area (TPSA) is 32.3 Å². The highest BCUT2D eigenvalue weighted by molar-refractivity contribution is 9.10. The van der Waals surface area contributed by atoms with Gasteiger partial charge >= 0.3 is 6.03 Å². The predicted octanol–water partition coefficient (Wildman–Crippen LogP) is 3.85. The van der Waals surface area contributed by atoms with E-state index in [1.165, 1.54) is 9.87 Å². The number of nitrogens with zero attached hydrogens (tertiary/aromatic N) is 1. The average molecular weight is 350 g/mol. The molecule has 0 bridgehead atoms. The van der Waals surface area contributed by atoms with E-state index in [0.717, 1.165) is 10.9 Å². The van der Waals surface area contributed by atoms with E-state index in [0.29, 0.717) is 12.2 Å². The minimum atomic E-state index is -0.241. The summed E-state index contributed by atoms with van der Waals surface area (Å²) in [7, 11) is 0. The number of anilines is 1. The first-order valence-corrected chi connectivity index (χ1v) is 7.33. The van der Waals surface area contributed by atoms with Crippen molar-refractivity contribution in [3.63, 3.8) is 0 Å². The largest absolute Gasteiger partial charge is 0.337 e. The van der Waals surface area contributed by atoms with Gasteiger partial charge in [-0.1, -0.05) is 53.0 Å². The fourth-order valence-corrected chi connectivity index (χ4v) is 2.37. The molecular weight excluding hydrogens is 336 g/mol. The van der Waals surface area contributed by atoms with E-state index in [-0.39, 0.29) is 6.03 Å². The van der Waals surface area contributed by atoms with Gasteiger partial charge in [0.25, 0.3) is 0 Å². The summed E-state index contributed by atoms with van der Waals surface area (Å²) in [6.45, 7) is 0.561. The summed E-state index contributed by atoms with van der Waals surface area (Å²) in [6, 6.07) is 17.7. The molecule has 0 unspecified atom stereocenters. The number of halogens is 1. The van der Waals surface area contributed by atoms with Crippen molar-refractivity contribution in [1.82, 2.24) is 5.32 Å². The van der Waals surface area contributed by atoms with Gasteiger partial charge in [-0.25, -0.2) is 9.10 Å². The van der Waals surface area contributed by atoms with Crippen LogP contribution in [0.2, 0.25) is 0 Å².